The van der Waals surface area contributed by atoms with E-state index < -0.39 is 0 Å². The highest BCUT2D eigenvalue weighted by molar-refractivity contribution is 5.87. The molecule has 3 aliphatic heterocycles. The summed E-state index contributed by atoms with van der Waals surface area (Å²) in [5.41, 5.74) is 2.11. The van der Waals surface area contributed by atoms with Gasteiger partial charge in [-0.1, -0.05) is 11.6 Å². The summed E-state index contributed by atoms with van der Waals surface area (Å²) >= 11 is 0. The van der Waals surface area contributed by atoms with E-state index >= 15 is 0 Å². The molecule has 1 aromatic rings. The number of piperidine rings is 1. The quantitative estimate of drug-likeness (QED) is 0.775. The van der Waals surface area contributed by atoms with Crippen molar-refractivity contribution >= 4 is 5.71 Å². The molecule has 3 aliphatic rings. The molecular formula is C19H26N2O5. The Morgan fingerprint density at radius 2 is 1.92 bits per heavy atom. The summed E-state index contributed by atoms with van der Waals surface area (Å²) in [6.07, 6.45) is 5.44. The van der Waals surface area contributed by atoms with Gasteiger partial charge in [0.05, 0.1) is 19.9 Å². The molecular weight excluding hydrogens is 336 g/mol. The Labute approximate surface area is 153 Å². The average Bonchev–Trinajstić information content (AvgIpc) is 3.31. The molecule has 0 N–H and O–H groups in total. The van der Waals surface area contributed by atoms with Crippen LogP contribution in [0.5, 0.6) is 23.0 Å². The fourth-order valence-electron chi connectivity index (χ4n) is 3.90. The van der Waals surface area contributed by atoms with E-state index in [1.807, 2.05) is 6.07 Å². The van der Waals surface area contributed by atoms with Crippen molar-refractivity contribution in [1.82, 2.24) is 4.90 Å². The van der Waals surface area contributed by atoms with E-state index in [0.29, 0.717) is 29.4 Å². The van der Waals surface area contributed by atoms with E-state index in [1.54, 1.807) is 14.2 Å². The van der Waals surface area contributed by atoms with Crippen molar-refractivity contribution in [3.8, 4) is 23.0 Å². The monoisotopic (exact) mass is 362 g/mol. The average molecular weight is 362 g/mol. The van der Waals surface area contributed by atoms with Gasteiger partial charge in [0, 0.05) is 24.9 Å². The predicted octanol–water partition coefficient (Wildman–Crippen LogP) is 2.61. The Morgan fingerprint density at radius 3 is 2.69 bits per heavy atom. The zero-order valence-corrected chi connectivity index (χ0v) is 15.5. The fourth-order valence-corrected chi connectivity index (χ4v) is 3.90. The Hall–Kier alpha value is -2.15. The van der Waals surface area contributed by atoms with E-state index in [-0.39, 0.29) is 12.9 Å². The van der Waals surface area contributed by atoms with E-state index in [4.69, 9.17) is 23.8 Å². The lowest BCUT2D eigenvalue weighted by atomic mass is 10.0. The first-order chi connectivity index (χ1) is 12.8. The fraction of sp³-hybridized carbons (Fsp3) is 0.632. The summed E-state index contributed by atoms with van der Waals surface area (Å²) in [5.74, 6) is 2.55. The Morgan fingerprint density at radius 1 is 1.12 bits per heavy atom. The molecule has 0 saturated carbocycles. The molecule has 0 aliphatic carbocycles. The molecule has 0 bridgehead atoms. The molecule has 1 unspecified atom stereocenters. The molecule has 26 heavy (non-hydrogen) atoms. The van der Waals surface area contributed by atoms with Crippen LogP contribution in [-0.4, -0.2) is 57.4 Å². The molecule has 1 saturated heterocycles. The van der Waals surface area contributed by atoms with Gasteiger partial charge in [-0.3, -0.25) is 4.90 Å². The highest BCUT2D eigenvalue weighted by atomic mass is 16.7. The largest absolute Gasteiger partial charge is 0.493 e. The summed E-state index contributed by atoms with van der Waals surface area (Å²) in [4.78, 5) is 8.17. The summed E-state index contributed by atoms with van der Waals surface area (Å²) in [5, 5.41) is 4.32. The van der Waals surface area contributed by atoms with Crippen molar-refractivity contribution in [1.29, 1.82) is 0 Å². The van der Waals surface area contributed by atoms with Crippen LogP contribution in [0.1, 0.15) is 31.2 Å². The molecule has 1 fully saturated rings. The van der Waals surface area contributed by atoms with Gasteiger partial charge in [-0.25, -0.2) is 0 Å². The van der Waals surface area contributed by atoms with Gasteiger partial charge in [-0.2, -0.15) is 0 Å². The topological polar surface area (TPSA) is 61.8 Å². The SMILES string of the molecule is COc1cc(CC2CC(CN3CCCCC3)=NO2)c(OC)c2c1OCO2. The molecule has 0 radical (unpaired) electrons. The molecule has 4 rings (SSSR count). The molecule has 3 heterocycles. The maximum Gasteiger partial charge on any atom is 0.231 e. The van der Waals surface area contributed by atoms with Crippen LogP contribution in [0.4, 0.5) is 0 Å². The maximum atomic E-state index is 5.70. The minimum Gasteiger partial charge on any atom is -0.493 e. The second kappa shape index (κ2) is 7.61. The van der Waals surface area contributed by atoms with Crippen molar-refractivity contribution in [2.24, 2.45) is 5.16 Å². The number of nitrogens with zero attached hydrogens (tertiary/aromatic N) is 2. The van der Waals surface area contributed by atoms with Gasteiger partial charge in [0.25, 0.3) is 0 Å². The molecule has 142 valence electrons. The van der Waals surface area contributed by atoms with Crippen LogP contribution in [0.3, 0.4) is 0 Å². The Bertz CT molecular complexity index is 685. The molecule has 1 atom stereocenters. The van der Waals surface area contributed by atoms with Crippen LogP contribution in [-0.2, 0) is 11.3 Å². The summed E-state index contributed by atoms with van der Waals surface area (Å²) in [6.45, 7) is 3.42. The maximum absolute atomic E-state index is 5.70. The van der Waals surface area contributed by atoms with Gasteiger partial charge < -0.3 is 23.8 Å². The van der Waals surface area contributed by atoms with Crippen molar-refractivity contribution in [2.75, 3.05) is 40.6 Å². The highest BCUT2D eigenvalue weighted by Crippen LogP contribution is 2.49. The first kappa shape index (κ1) is 17.3. The third-order valence-corrected chi connectivity index (χ3v) is 5.16. The minimum absolute atomic E-state index is 0.00812. The highest BCUT2D eigenvalue weighted by Gasteiger charge is 2.30. The molecule has 7 heteroatoms. The van der Waals surface area contributed by atoms with Crippen molar-refractivity contribution in [2.45, 2.75) is 38.2 Å². The number of oxime groups is 1. The van der Waals surface area contributed by atoms with E-state index in [1.165, 1.54) is 19.3 Å². The smallest absolute Gasteiger partial charge is 0.231 e. The lowest BCUT2D eigenvalue weighted by Crippen LogP contribution is -2.34. The van der Waals surface area contributed by atoms with E-state index in [0.717, 1.165) is 37.3 Å². The lowest BCUT2D eigenvalue weighted by molar-refractivity contribution is 0.0852. The molecule has 7 nitrogen and oxygen atoms in total. The van der Waals surface area contributed by atoms with Crippen LogP contribution in [0.15, 0.2) is 11.2 Å². The third-order valence-electron chi connectivity index (χ3n) is 5.16. The van der Waals surface area contributed by atoms with Crippen LogP contribution < -0.4 is 18.9 Å². The molecule has 0 aromatic heterocycles. The molecule has 1 aromatic carbocycles. The van der Waals surface area contributed by atoms with Crippen molar-refractivity contribution in [3.05, 3.63) is 11.6 Å². The number of hydrogen-bond donors (Lipinski definition) is 0. The first-order valence-electron chi connectivity index (χ1n) is 9.26. The standard InChI is InChI=1S/C19H26N2O5/c1-22-16-9-13(17(23-2)19-18(16)24-12-25-19)8-15-10-14(20-26-15)11-21-6-4-3-5-7-21/h9,15H,3-8,10-12H2,1-2H3. The number of rotatable bonds is 6. The summed E-state index contributed by atoms with van der Waals surface area (Å²) in [7, 11) is 3.26. The van der Waals surface area contributed by atoms with Gasteiger partial charge in [0.1, 0.15) is 6.10 Å². The Kier molecular flexibility index (Phi) is 5.06. The minimum atomic E-state index is 0.00812. The van der Waals surface area contributed by atoms with Gasteiger partial charge in [0.2, 0.25) is 18.3 Å². The van der Waals surface area contributed by atoms with Gasteiger partial charge in [0.15, 0.2) is 11.5 Å². The normalized spacial score (nSPS) is 22.1. The number of ether oxygens (including phenoxy) is 4. The predicted molar refractivity (Wildman–Crippen MR) is 96.6 cm³/mol. The van der Waals surface area contributed by atoms with Crippen molar-refractivity contribution < 1.29 is 23.8 Å². The van der Waals surface area contributed by atoms with Gasteiger partial charge in [-0.05, 0) is 32.0 Å². The zero-order chi connectivity index (χ0) is 17.9. The number of methoxy groups -OCH3 is 2. The molecule has 0 spiro atoms. The molecule has 0 amide bonds. The third kappa shape index (κ3) is 3.40. The Balaban J connectivity index is 1.43. The number of hydrogen-bond acceptors (Lipinski definition) is 7. The second-order valence-corrected chi connectivity index (χ2v) is 6.97. The van der Waals surface area contributed by atoms with Gasteiger partial charge in [-0.15, -0.1) is 0 Å². The van der Waals surface area contributed by atoms with E-state index in [9.17, 15) is 0 Å². The van der Waals surface area contributed by atoms with Crippen molar-refractivity contribution in [3.63, 3.8) is 0 Å². The van der Waals surface area contributed by atoms with Crippen LogP contribution in [0.25, 0.3) is 0 Å². The first-order valence-corrected chi connectivity index (χ1v) is 9.26. The zero-order valence-electron chi connectivity index (χ0n) is 15.5. The number of fused-ring (bicyclic) bond motifs is 1. The van der Waals surface area contributed by atoms with Crippen LogP contribution >= 0.6 is 0 Å². The second-order valence-electron chi connectivity index (χ2n) is 6.97. The number of likely N-dealkylation sites (tertiary alicyclic amines) is 1. The van der Waals surface area contributed by atoms with E-state index in [2.05, 4.69) is 10.1 Å². The lowest BCUT2D eigenvalue weighted by Gasteiger charge is -2.25. The van der Waals surface area contributed by atoms with Crippen LogP contribution in [0.2, 0.25) is 0 Å². The van der Waals surface area contributed by atoms with Gasteiger partial charge >= 0.3 is 0 Å². The summed E-state index contributed by atoms with van der Waals surface area (Å²) < 4.78 is 22.1. The number of benzene rings is 1. The van der Waals surface area contributed by atoms with Crippen LogP contribution in [0, 0.1) is 0 Å². The summed E-state index contributed by atoms with van der Waals surface area (Å²) in [6, 6.07) is 1.94.